The fraction of sp³-hybridized carbons (Fsp3) is 0.381. The Labute approximate surface area is 145 Å². The number of nitrogens with one attached hydrogen (secondary N) is 1. The van der Waals surface area contributed by atoms with Crippen LogP contribution in [-0.4, -0.2) is 12.0 Å². The maximum Gasteiger partial charge on any atom is 0.261 e. The zero-order chi connectivity index (χ0) is 17.5. The average molecular weight is 325 g/mol. The molecule has 0 fully saturated rings. The molecule has 2 aromatic carbocycles. The van der Waals surface area contributed by atoms with E-state index >= 15 is 0 Å². The van der Waals surface area contributed by atoms with Crippen molar-refractivity contribution in [1.29, 1.82) is 0 Å². The van der Waals surface area contributed by atoms with Crippen LogP contribution in [0.3, 0.4) is 0 Å². The molecule has 2 atom stereocenters. The fourth-order valence-electron chi connectivity index (χ4n) is 2.87. The number of amides is 1. The van der Waals surface area contributed by atoms with Crippen LogP contribution in [0.1, 0.15) is 49.4 Å². The third-order valence-corrected chi connectivity index (χ3v) is 4.21. The summed E-state index contributed by atoms with van der Waals surface area (Å²) in [5.74, 6) is 0.659. The summed E-state index contributed by atoms with van der Waals surface area (Å²) in [6.07, 6.45) is 0.994. The van der Waals surface area contributed by atoms with E-state index in [1.165, 1.54) is 16.7 Å². The summed E-state index contributed by atoms with van der Waals surface area (Å²) in [5, 5.41) is 3.15. The van der Waals surface area contributed by atoms with E-state index in [0.717, 1.165) is 12.2 Å². The van der Waals surface area contributed by atoms with Crippen LogP contribution in [0.5, 0.6) is 5.75 Å². The van der Waals surface area contributed by atoms with E-state index in [0.29, 0.717) is 6.42 Å². The van der Waals surface area contributed by atoms with E-state index in [1.54, 1.807) is 0 Å². The highest BCUT2D eigenvalue weighted by molar-refractivity contribution is 5.81. The topological polar surface area (TPSA) is 38.3 Å². The van der Waals surface area contributed by atoms with Crippen LogP contribution in [-0.2, 0) is 4.79 Å². The molecule has 0 heterocycles. The van der Waals surface area contributed by atoms with Gasteiger partial charge in [0.15, 0.2) is 6.10 Å². The number of rotatable bonds is 7. The molecular formula is C21H27NO2. The average Bonchev–Trinajstić information content (AvgIpc) is 2.58. The summed E-state index contributed by atoms with van der Waals surface area (Å²) in [4.78, 5) is 12.7. The van der Waals surface area contributed by atoms with Crippen molar-refractivity contribution in [2.24, 2.45) is 0 Å². The Morgan fingerprint density at radius 1 is 1.04 bits per heavy atom. The molecule has 24 heavy (non-hydrogen) atoms. The summed E-state index contributed by atoms with van der Waals surface area (Å²) in [5.41, 5.74) is 3.61. The maximum absolute atomic E-state index is 12.7. The van der Waals surface area contributed by atoms with Crippen molar-refractivity contribution in [2.45, 2.75) is 52.7 Å². The van der Waals surface area contributed by atoms with Gasteiger partial charge in [-0.1, -0.05) is 55.8 Å². The molecule has 0 saturated heterocycles. The highest BCUT2D eigenvalue weighted by Gasteiger charge is 2.22. The van der Waals surface area contributed by atoms with Crippen molar-refractivity contribution in [2.75, 3.05) is 0 Å². The highest BCUT2D eigenvalue weighted by Crippen LogP contribution is 2.22. The molecule has 0 bridgehead atoms. The first kappa shape index (κ1) is 18.1. The van der Waals surface area contributed by atoms with Crippen molar-refractivity contribution >= 4 is 5.91 Å². The van der Waals surface area contributed by atoms with Crippen LogP contribution in [0, 0.1) is 13.8 Å². The maximum atomic E-state index is 12.7. The molecule has 0 aliphatic rings. The number of ether oxygens (including phenoxy) is 1. The third-order valence-electron chi connectivity index (χ3n) is 4.21. The van der Waals surface area contributed by atoms with Crippen molar-refractivity contribution in [3.05, 3.63) is 65.2 Å². The molecule has 3 heteroatoms. The molecule has 0 aliphatic carbocycles. The molecule has 3 nitrogen and oxygen atoms in total. The van der Waals surface area contributed by atoms with Crippen LogP contribution in [0.2, 0.25) is 0 Å². The summed E-state index contributed by atoms with van der Waals surface area (Å²) in [7, 11) is 0. The molecule has 128 valence electrons. The SMILES string of the molecule is CC[C@@H](Oc1ccccc1)C(=O)N[C@H](CC)c1ccc(C)cc1C. The quantitative estimate of drug-likeness (QED) is 0.799. The van der Waals surface area contributed by atoms with Crippen molar-refractivity contribution < 1.29 is 9.53 Å². The third kappa shape index (κ3) is 4.60. The Kier molecular flexibility index (Phi) is 6.42. The largest absolute Gasteiger partial charge is 0.481 e. The van der Waals surface area contributed by atoms with Gasteiger partial charge in [0, 0.05) is 0 Å². The number of aryl methyl sites for hydroxylation is 2. The fourth-order valence-corrected chi connectivity index (χ4v) is 2.87. The van der Waals surface area contributed by atoms with Crippen molar-refractivity contribution in [3.8, 4) is 5.75 Å². The Morgan fingerprint density at radius 3 is 2.33 bits per heavy atom. The van der Waals surface area contributed by atoms with E-state index in [1.807, 2.05) is 37.3 Å². The van der Waals surface area contributed by atoms with E-state index in [9.17, 15) is 4.79 Å². The van der Waals surface area contributed by atoms with Gasteiger partial charge in [-0.15, -0.1) is 0 Å². The second kappa shape index (κ2) is 8.53. The van der Waals surface area contributed by atoms with Gasteiger partial charge in [0.1, 0.15) is 5.75 Å². The minimum absolute atomic E-state index is 0.00604. The van der Waals surface area contributed by atoms with Gasteiger partial charge in [-0.3, -0.25) is 4.79 Å². The number of carbonyl (C=O) groups is 1. The molecule has 0 unspecified atom stereocenters. The Hall–Kier alpha value is -2.29. The van der Waals surface area contributed by atoms with Gasteiger partial charge in [-0.25, -0.2) is 0 Å². The van der Waals surface area contributed by atoms with Gasteiger partial charge in [-0.2, -0.15) is 0 Å². The van der Waals surface area contributed by atoms with E-state index in [4.69, 9.17) is 4.74 Å². The van der Waals surface area contributed by atoms with Crippen LogP contribution in [0.4, 0.5) is 0 Å². The molecule has 2 rings (SSSR count). The predicted molar refractivity (Wildman–Crippen MR) is 98.2 cm³/mol. The molecule has 2 aromatic rings. The molecular weight excluding hydrogens is 298 g/mol. The lowest BCUT2D eigenvalue weighted by Gasteiger charge is -2.23. The van der Waals surface area contributed by atoms with Crippen LogP contribution in [0.25, 0.3) is 0 Å². The molecule has 0 spiro atoms. The predicted octanol–water partition coefficient (Wildman–Crippen LogP) is 4.73. The summed E-state index contributed by atoms with van der Waals surface area (Å²) >= 11 is 0. The van der Waals surface area contributed by atoms with Crippen molar-refractivity contribution in [3.63, 3.8) is 0 Å². The summed E-state index contributed by atoms with van der Waals surface area (Å²) < 4.78 is 5.84. The normalized spacial score (nSPS) is 13.2. The first-order valence-corrected chi connectivity index (χ1v) is 8.64. The lowest BCUT2D eigenvalue weighted by atomic mass is 9.97. The standard InChI is InChI=1S/C21H27NO2/c1-5-19(18-13-12-15(3)14-16(18)4)22-21(23)20(6-2)24-17-10-8-7-9-11-17/h7-14,19-20H,5-6H2,1-4H3,(H,22,23)/t19-,20-/m1/s1. The number of hydrogen-bond donors (Lipinski definition) is 1. The molecule has 1 amide bonds. The molecule has 0 radical (unpaired) electrons. The Balaban J connectivity index is 2.09. The van der Waals surface area contributed by atoms with Gasteiger partial charge in [0.2, 0.25) is 0 Å². The first-order valence-electron chi connectivity index (χ1n) is 8.64. The molecule has 0 aliphatic heterocycles. The van der Waals surface area contributed by atoms with Gasteiger partial charge in [0.25, 0.3) is 5.91 Å². The Morgan fingerprint density at radius 2 is 1.75 bits per heavy atom. The second-order valence-electron chi connectivity index (χ2n) is 6.16. The van der Waals surface area contributed by atoms with Crippen LogP contribution < -0.4 is 10.1 Å². The minimum atomic E-state index is -0.479. The molecule has 1 N–H and O–H groups in total. The molecule has 0 saturated carbocycles. The zero-order valence-electron chi connectivity index (χ0n) is 15.0. The smallest absolute Gasteiger partial charge is 0.261 e. The minimum Gasteiger partial charge on any atom is -0.481 e. The highest BCUT2D eigenvalue weighted by atomic mass is 16.5. The monoisotopic (exact) mass is 325 g/mol. The number of carbonyl (C=O) groups excluding carboxylic acids is 1. The molecule has 0 aromatic heterocycles. The van der Waals surface area contributed by atoms with Crippen LogP contribution >= 0.6 is 0 Å². The van der Waals surface area contributed by atoms with E-state index < -0.39 is 6.10 Å². The van der Waals surface area contributed by atoms with Crippen LogP contribution in [0.15, 0.2) is 48.5 Å². The van der Waals surface area contributed by atoms with E-state index in [2.05, 4.69) is 44.3 Å². The van der Waals surface area contributed by atoms with Gasteiger partial charge >= 0.3 is 0 Å². The van der Waals surface area contributed by atoms with Crippen molar-refractivity contribution in [1.82, 2.24) is 5.32 Å². The number of para-hydroxylation sites is 1. The lowest BCUT2D eigenvalue weighted by Crippen LogP contribution is -2.40. The van der Waals surface area contributed by atoms with Gasteiger partial charge < -0.3 is 10.1 Å². The second-order valence-corrected chi connectivity index (χ2v) is 6.16. The lowest BCUT2D eigenvalue weighted by molar-refractivity contribution is -0.128. The first-order chi connectivity index (χ1) is 11.5. The van der Waals surface area contributed by atoms with E-state index in [-0.39, 0.29) is 11.9 Å². The van der Waals surface area contributed by atoms with Gasteiger partial charge in [-0.05, 0) is 49.9 Å². The number of hydrogen-bond acceptors (Lipinski definition) is 2. The van der Waals surface area contributed by atoms with Gasteiger partial charge in [0.05, 0.1) is 6.04 Å². The number of benzene rings is 2. The summed E-state index contributed by atoms with van der Waals surface area (Å²) in [6, 6.07) is 15.9. The summed E-state index contributed by atoms with van der Waals surface area (Å²) in [6.45, 7) is 8.22. The Bertz CT molecular complexity index is 667. The zero-order valence-corrected chi connectivity index (χ0v) is 15.0.